The fourth-order valence-electron chi connectivity index (χ4n) is 2.01. The second-order valence-corrected chi connectivity index (χ2v) is 5.67. The SMILES string of the molecule is CC(=O)N1CCCN(c2nc(C)c(C)s2)CC1. The number of thiazole rings is 1. The molecule has 1 amide bonds. The molecule has 1 aromatic heterocycles. The van der Waals surface area contributed by atoms with Crippen molar-refractivity contribution in [2.45, 2.75) is 27.2 Å². The quantitative estimate of drug-likeness (QED) is 0.766. The highest BCUT2D eigenvalue weighted by molar-refractivity contribution is 7.15. The van der Waals surface area contributed by atoms with E-state index in [0.717, 1.165) is 43.4 Å². The number of carbonyl (C=O) groups excluding carboxylic acids is 1. The van der Waals surface area contributed by atoms with Gasteiger partial charge in [0.2, 0.25) is 5.91 Å². The molecule has 0 saturated carbocycles. The summed E-state index contributed by atoms with van der Waals surface area (Å²) < 4.78 is 0. The standard InChI is InChI=1S/C12H19N3OS/c1-9-10(2)17-12(13-9)15-6-4-5-14(7-8-15)11(3)16/h4-8H2,1-3H3. The summed E-state index contributed by atoms with van der Waals surface area (Å²) in [4.78, 5) is 21.4. The molecule has 94 valence electrons. The maximum Gasteiger partial charge on any atom is 0.219 e. The molecule has 1 saturated heterocycles. The van der Waals surface area contributed by atoms with Crippen LogP contribution in [0.25, 0.3) is 0 Å². The molecule has 0 radical (unpaired) electrons. The molecule has 0 spiro atoms. The topological polar surface area (TPSA) is 36.4 Å². The van der Waals surface area contributed by atoms with Gasteiger partial charge in [-0.3, -0.25) is 4.79 Å². The summed E-state index contributed by atoms with van der Waals surface area (Å²) in [5.74, 6) is 0.179. The maximum atomic E-state index is 11.3. The minimum Gasteiger partial charge on any atom is -0.346 e. The lowest BCUT2D eigenvalue weighted by molar-refractivity contribution is -0.128. The van der Waals surface area contributed by atoms with Crippen molar-refractivity contribution in [3.63, 3.8) is 0 Å². The van der Waals surface area contributed by atoms with E-state index >= 15 is 0 Å². The molecule has 0 aromatic carbocycles. The van der Waals surface area contributed by atoms with Crippen LogP contribution in [0.4, 0.5) is 5.13 Å². The number of anilines is 1. The van der Waals surface area contributed by atoms with Gasteiger partial charge >= 0.3 is 0 Å². The number of carbonyl (C=O) groups is 1. The minimum absolute atomic E-state index is 0.179. The van der Waals surface area contributed by atoms with Crippen LogP contribution in [-0.2, 0) is 4.79 Å². The van der Waals surface area contributed by atoms with Gasteiger partial charge in [-0.15, -0.1) is 11.3 Å². The average molecular weight is 253 g/mol. The Morgan fingerprint density at radius 1 is 1.24 bits per heavy atom. The Hall–Kier alpha value is -1.10. The second kappa shape index (κ2) is 5.04. The molecule has 0 bridgehead atoms. The number of aryl methyl sites for hydroxylation is 2. The van der Waals surface area contributed by atoms with Crippen molar-refractivity contribution in [3.8, 4) is 0 Å². The van der Waals surface area contributed by atoms with Crippen molar-refractivity contribution >= 4 is 22.4 Å². The Balaban J connectivity index is 2.06. The Kier molecular flexibility index (Phi) is 3.66. The van der Waals surface area contributed by atoms with E-state index in [1.165, 1.54) is 4.88 Å². The zero-order valence-corrected chi connectivity index (χ0v) is 11.5. The molecule has 2 rings (SSSR count). The van der Waals surface area contributed by atoms with Crippen molar-refractivity contribution in [1.29, 1.82) is 0 Å². The molecular formula is C12H19N3OS. The van der Waals surface area contributed by atoms with E-state index < -0.39 is 0 Å². The van der Waals surface area contributed by atoms with Crippen molar-refractivity contribution in [1.82, 2.24) is 9.88 Å². The van der Waals surface area contributed by atoms with Crippen LogP contribution in [0.2, 0.25) is 0 Å². The third-order valence-corrected chi connectivity index (χ3v) is 4.36. The Labute approximate surface area is 106 Å². The van der Waals surface area contributed by atoms with Crippen LogP contribution in [0.3, 0.4) is 0 Å². The molecular weight excluding hydrogens is 234 g/mol. The number of hydrogen-bond acceptors (Lipinski definition) is 4. The predicted molar refractivity (Wildman–Crippen MR) is 70.7 cm³/mol. The lowest BCUT2D eigenvalue weighted by Crippen LogP contribution is -2.33. The third-order valence-electron chi connectivity index (χ3n) is 3.23. The van der Waals surface area contributed by atoms with E-state index in [1.807, 2.05) is 4.90 Å². The van der Waals surface area contributed by atoms with Gasteiger partial charge in [0.25, 0.3) is 0 Å². The first-order valence-electron chi connectivity index (χ1n) is 6.02. The molecule has 2 heterocycles. The fourth-order valence-corrected chi connectivity index (χ4v) is 2.98. The number of aromatic nitrogens is 1. The molecule has 1 aliphatic heterocycles. The molecule has 0 atom stereocenters. The highest BCUT2D eigenvalue weighted by Crippen LogP contribution is 2.25. The number of amides is 1. The first kappa shape index (κ1) is 12.4. The largest absolute Gasteiger partial charge is 0.346 e. The normalized spacial score (nSPS) is 17.1. The smallest absolute Gasteiger partial charge is 0.219 e. The number of nitrogens with zero attached hydrogens (tertiary/aromatic N) is 3. The summed E-state index contributed by atoms with van der Waals surface area (Å²) in [7, 11) is 0. The summed E-state index contributed by atoms with van der Waals surface area (Å²) in [6.07, 6.45) is 1.03. The highest BCUT2D eigenvalue weighted by Gasteiger charge is 2.19. The molecule has 4 nitrogen and oxygen atoms in total. The van der Waals surface area contributed by atoms with Crippen LogP contribution in [0.15, 0.2) is 0 Å². The van der Waals surface area contributed by atoms with Gasteiger partial charge in [-0.1, -0.05) is 0 Å². The van der Waals surface area contributed by atoms with E-state index in [1.54, 1.807) is 18.3 Å². The molecule has 5 heteroatoms. The van der Waals surface area contributed by atoms with Crippen LogP contribution in [0.1, 0.15) is 23.9 Å². The van der Waals surface area contributed by atoms with Gasteiger partial charge in [0.1, 0.15) is 0 Å². The summed E-state index contributed by atoms with van der Waals surface area (Å²) in [5.41, 5.74) is 1.12. The molecule has 1 aliphatic rings. The van der Waals surface area contributed by atoms with Crippen molar-refractivity contribution in [3.05, 3.63) is 10.6 Å². The highest BCUT2D eigenvalue weighted by atomic mass is 32.1. The lowest BCUT2D eigenvalue weighted by atomic mass is 10.4. The maximum absolute atomic E-state index is 11.3. The van der Waals surface area contributed by atoms with Crippen molar-refractivity contribution < 1.29 is 4.79 Å². The summed E-state index contributed by atoms with van der Waals surface area (Å²) >= 11 is 1.75. The summed E-state index contributed by atoms with van der Waals surface area (Å²) in [6.45, 7) is 9.38. The summed E-state index contributed by atoms with van der Waals surface area (Å²) in [5, 5.41) is 1.10. The number of hydrogen-bond donors (Lipinski definition) is 0. The third kappa shape index (κ3) is 2.77. The van der Waals surface area contributed by atoms with E-state index in [-0.39, 0.29) is 5.91 Å². The fraction of sp³-hybridized carbons (Fsp3) is 0.667. The van der Waals surface area contributed by atoms with Gasteiger partial charge < -0.3 is 9.80 Å². The molecule has 1 fully saturated rings. The van der Waals surface area contributed by atoms with Gasteiger partial charge in [-0.25, -0.2) is 4.98 Å². The van der Waals surface area contributed by atoms with Crippen molar-refractivity contribution in [2.24, 2.45) is 0 Å². The molecule has 17 heavy (non-hydrogen) atoms. The van der Waals surface area contributed by atoms with Crippen LogP contribution in [-0.4, -0.2) is 42.0 Å². The average Bonchev–Trinajstić information content (AvgIpc) is 2.54. The van der Waals surface area contributed by atoms with E-state index in [4.69, 9.17) is 0 Å². The zero-order valence-electron chi connectivity index (χ0n) is 10.7. The molecule has 0 N–H and O–H groups in total. The summed E-state index contributed by atoms with van der Waals surface area (Å²) in [6, 6.07) is 0. The Morgan fingerprint density at radius 3 is 2.59 bits per heavy atom. The van der Waals surface area contributed by atoms with Gasteiger partial charge in [0.05, 0.1) is 5.69 Å². The van der Waals surface area contributed by atoms with Crippen LogP contribution in [0, 0.1) is 13.8 Å². The Bertz CT molecular complexity index is 396. The first-order chi connectivity index (χ1) is 8.08. The Morgan fingerprint density at radius 2 is 2.00 bits per heavy atom. The lowest BCUT2D eigenvalue weighted by Gasteiger charge is -2.20. The van der Waals surface area contributed by atoms with Gasteiger partial charge in [0, 0.05) is 38.0 Å². The van der Waals surface area contributed by atoms with E-state index in [0.29, 0.717) is 0 Å². The molecule has 0 unspecified atom stereocenters. The van der Waals surface area contributed by atoms with E-state index in [9.17, 15) is 4.79 Å². The van der Waals surface area contributed by atoms with Crippen LogP contribution in [0.5, 0.6) is 0 Å². The zero-order chi connectivity index (χ0) is 12.4. The van der Waals surface area contributed by atoms with Crippen LogP contribution < -0.4 is 4.90 Å². The molecule has 1 aromatic rings. The first-order valence-corrected chi connectivity index (χ1v) is 6.84. The molecule has 0 aliphatic carbocycles. The minimum atomic E-state index is 0.179. The van der Waals surface area contributed by atoms with Gasteiger partial charge in [0.15, 0.2) is 5.13 Å². The van der Waals surface area contributed by atoms with E-state index in [2.05, 4.69) is 23.7 Å². The van der Waals surface area contributed by atoms with Gasteiger partial charge in [-0.05, 0) is 20.3 Å². The monoisotopic (exact) mass is 253 g/mol. The second-order valence-electron chi connectivity index (χ2n) is 4.48. The predicted octanol–water partition coefficient (Wildman–Crippen LogP) is 1.82. The van der Waals surface area contributed by atoms with Gasteiger partial charge in [-0.2, -0.15) is 0 Å². The number of rotatable bonds is 1. The van der Waals surface area contributed by atoms with Crippen molar-refractivity contribution in [2.75, 3.05) is 31.1 Å². The van der Waals surface area contributed by atoms with Crippen LogP contribution >= 0.6 is 11.3 Å².